The standard InChI is InChI=1S/C21H22N2O2/c1-15-20(17-8-9-17)21-18(6-2-7-19(21)25-15)24-12-4-11-23-14-16-5-3-10-22-13-16/h1-3,5-7,10,13,17,23H,4,8-9,11-12,14H2. The van der Waals surface area contributed by atoms with E-state index in [1.165, 1.54) is 18.4 Å². The molecule has 0 bridgehead atoms. The highest BCUT2D eigenvalue weighted by molar-refractivity contribution is 5.89. The van der Waals surface area contributed by atoms with Crippen molar-refractivity contribution in [1.29, 1.82) is 0 Å². The van der Waals surface area contributed by atoms with Crippen LogP contribution in [0.5, 0.6) is 5.75 Å². The lowest BCUT2D eigenvalue weighted by Gasteiger charge is -2.09. The first-order chi connectivity index (χ1) is 12.3. The maximum atomic E-state index is 6.08. The molecule has 1 saturated carbocycles. The lowest BCUT2D eigenvalue weighted by molar-refractivity contribution is 0.311. The summed E-state index contributed by atoms with van der Waals surface area (Å²) < 4.78 is 11.7. The number of fused-ring (bicyclic) bond motifs is 1. The Hall–Kier alpha value is -2.33. The summed E-state index contributed by atoms with van der Waals surface area (Å²) in [6.07, 6.45) is 6.98. The van der Waals surface area contributed by atoms with Crippen LogP contribution in [-0.4, -0.2) is 18.1 Å². The minimum absolute atomic E-state index is 0.534. The van der Waals surface area contributed by atoms with Crippen LogP contribution in [0.25, 0.3) is 11.0 Å². The van der Waals surface area contributed by atoms with Crippen molar-refractivity contribution >= 4 is 11.0 Å². The normalized spacial score (nSPS) is 14.1. The number of pyridine rings is 1. The van der Waals surface area contributed by atoms with Gasteiger partial charge in [-0.1, -0.05) is 12.1 Å². The molecule has 4 rings (SSSR count). The number of hydrogen-bond donors (Lipinski definition) is 1. The molecular formula is C21H22N2O2. The number of rotatable bonds is 8. The number of hydrogen-bond acceptors (Lipinski definition) is 4. The van der Waals surface area contributed by atoms with Gasteiger partial charge >= 0.3 is 0 Å². The molecule has 0 aliphatic heterocycles. The van der Waals surface area contributed by atoms with E-state index in [1.807, 2.05) is 30.5 Å². The molecule has 0 atom stereocenters. The molecule has 2 aromatic heterocycles. The predicted octanol–water partition coefficient (Wildman–Crippen LogP) is 4.32. The second-order valence-electron chi connectivity index (χ2n) is 6.52. The largest absolute Gasteiger partial charge is 0.493 e. The second kappa shape index (κ2) is 7.28. The van der Waals surface area contributed by atoms with Crippen LogP contribution in [0.1, 0.15) is 42.1 Å². The molecule has 1 aliphatic carbocycles. The summed E-state index contributed by atoms with van der Waals surface area (Å²) in [7, 11) is 0. The van der Waals surface area contributed by atoms with E-state index >= 15 is 0 Å². The van der Waals surface area contributed by atoms with Gasteiger partial charge in [0.05, 0.1) is 12.0 Å². The third-order valence-electron chi connectivity index (χ3n) is 4.54. The fourth-order valence-electron chi connectivity index (χ4n) is 3.17. The first-order valence-corrected chi connectivity index (χ1v) is 8.86. The van der Waals surface area contributed by atoms with Crippen molar-refractivity contribution in [3.05, 3.63) is 66.5 Å². The molecule has 0 saturated heterocycles. The molecule has 1 N–H and O–H groups in total. The van der Waals surface area contributed by atoms with Gasteiger partial charge in [0.15, 0.2) is 0 Å². The van der Waals surface area contributed by atoms with Crippen molar-refractivity contribution in [2.45, 2.75) is 31.7 Å². The van der Waals surface area contributed by atoms with E-state index in [-0.39, 0.29) is 0 Å². The van der Waals surface area contributed by atoms with Crippen molar-refractivity contribution in [2.75, 3.05) is 13.2 Å². The third-order valence-corrected chi connectivity index (χ3v) is 4.54. The summed E-state index contributed by atoms with van der Waals surface area (Å²) in [6, 6.07) is 9.94. The van der Waals surface area contributed by atoms with Crippen LogP contribution in [0.3, 0.4) is 0 Å². The molecule has 4 nitrogen and oxygen atoms in total. The van der Waals surface area contributed by atoms with Gasteiger partial charge in [-0.3, -0.25) is 4.98 Å². The minimum Gasteiger partial charge on any atom is -0.493 e. The lowest BCUT2D eigenvalue weighted by Crippen LogP contribution is -2.17. The number of furan rings is 1. The number of benzene rings is 1. The summed E-state index contributed by atoms with van der Waals surface area (Å²) in [4.78, 5) is 4.11. The maximum absolute atomic E-state index is 6.08. The smallest absolute Gasteiger partial charge is 0.138 e. The maximum Gasteiger partial charge on any atom is 0.138 e. The molecule has 4 heteroatoms. The molecule has 0 spiro atoms. The van der Waals surface area contributed by atoms with E-state index in [9.17, 15) is 0 Å². The molecule has 0 unspecified atom stereocenters. The van der Waals surface area contributed by atoms with E-state index in [4.69, 9.17) is 16.1 Å². The van der Waals surface area contributed by atoms with Gasteiger partial charge in [-0.2, -0.15) is 0 Å². The van der Waals surface area contributed by atoms with E-state index in [1.54, 1.807) is 6.20 Å². The highest BCUT2D eigenvalue weighted by atomic mass is 16.5. The molecule has 1 aliphatic rings. The van der Waals surface area contributed by atoms with Gasteiger partial charge in [0.1, 0.15) is 17.1 Å². The van der Waals surface area contributed by atoms with E-state index < -0.39 is 0 Å². The van der Waals surface area contributed by atoms with Crippen LogP contribution in [0.15, 0.2) is 47.1 Å². The SMILES string of the molecule is [CH]c1oc2cccc(OCCCNCc3cccnc3)c2c1C1CC1. The highest BCUT2D eigenvalue weighted by Gasteiger charge is 2.31. The van der Waals surface area contributed by atoms with Gasteiger partial charge in [-0.25, -0.2) is 0 Å². The van der Waals surface area contributed by atoms with E-state index in [0.29, 0.717) is 18.3 Å². The van der Waals surface area contributed by atoms with Crippen molar-refractivity contribution < 1.29 is 9.15 Å². The highest BCUT2D eigenvalue weighted by Crippen LogP contribution is 2.48. The molecule has 25 heavy (non-hydrogen) atoms. The fourth-order valence-corrected chi connectivity index (χ4v) is 3.17. The summed E-state index contributed by atoms with van der Waals surface area (Å²) in [6.45, 7) is 8.46. The van der Waals surface area contributed by atoms with Crippen LogP contribution in [0.4, 0.5) is 0 Å². The topological polar surface area (TPSA) is 47.3 Å². The molecule has 3 aromatic rings. The van der Waals surface area contributed by atoms with Crippen LogP contribution in [-0.2, 0) is 6.54 Å². The van der Waals surface area contributed by atoms with Crippen LogP contribution in [0.2, 0.25) is 0 Å². The summed E-state index contributed by atoms with van der Waals surface area (Å²) >= 11 is 0. The third kappa shape index (κ3) is 3.69. The average Bonchev–Trinajstić information content (AvgIpc) is 3.40. The number of aromatic nitrogens is 1. The van der Waals surface area contributed by atoms with Gasteiger partial charge in [0.2, 0.25) is 0 Å². The Morgan fingerprint density at radius 1 is 1.24 bits per heavy atom. The zero-order valence-electron chi connectivity index (χ0n) is 14.2. The zero-order valence-corrected chi connectivity index (χ0v) is 14.2. The molecule has 2 heterocycles. The monoisotopic (exact) mass is 334 g/mol. The van der Waals surface area contributed by atoms with Crippen LogP contribution < -0.4 is 10.1 Å². The summed E-state index contributed by atoms with van der Waals surface area (Å²) in [5.74, 6) is 1.96. The van der Waals surface area contributed by atoms with E-state index in [0.717, 1.165) is 41.8 Å². The Labute approximate surface area is 148 Å². The number of nitrogens with one attached hydrogen (secondary N) is 1. The van der Waals surface area contributed by atoms with Gasteiger partial charge in [0, 0.05) is 31.4 Å². The zero-order chi connectivity index (χ0) is 17.1. The van der Waals surface area contributed by atoms with Crippen LogP contribution >= 0.6 is 0 Å². The summed E-state index contributed by atoms with van der Waals surface area (Å²) in [5.41, 5.74) is 3.16. The minimum atomic E-state index is 0.534. The van der Waals surface area contributed by atoms with Gasteiger partial charge < -0.3 is 14.5 Å². The molecule has 2 radical (unpaired) electrons. The summed E-state index contributed by atoms with van der Waals surface area (Å²) in [5, 5.41) is 4.47. The first kappa shape index (κ1) is 16.2. The quantitative estimate of drug-likeness (QED) is 0.623. The lowest BCUT2D eigenvalue weighted by atomic mass is 10.1. The van der Waals surface area contributed by atoms with Crippen molar-refractivity contribution in [1.82, 2.24) is 10.3 Å². The molecule has 1 aromatic carbocycles. The van der Waals surface area contributed by atoms with Gasteiger partial charge in [-0.05, 0) is 55.5 Å². The first-order valence-electron chi connectivity index (χ1n) is 8.86. The Kier molecular flexibility index (Phi) is 4.70. The number of ether oxygens (including phenoxy) is 1. The second-order valence-corrected chi connectivity index (χ2v) is 6.52. The van der Waals surface area contributed by atoms with Crippen molar-refractivity contribution in [3.63, 3.8) is 0 Å². The van der Waals surface area contributed by atoms with Crippen LogP contribution in [0, 0.1) is 6.92 Å². The Bertz CT molecular complexity index is 838. The van der Waals surface area contributed by atoms with Crippen molar-refractivity contribution in [2.24, 2.45) is 0 Å². The van der Waals surface area contributed by atoms with Crippen molar-refractivity contribution in [3.8, 4) is 5.75 Å². The van der Waals surface area contributed by atoms with Gasteiger partial charge in [0.25, 0.3) is 0 Å². The predicted molar refractivity (Wildman–Crippen MR) is 97.6 cm³/mol. The fraction of sp³-hybridized carbons (Fsp3) is 0.333. The molecule has 0 amide bonds. The number of nitrogens with zero attached hydrogens (tertiary/aromatic N) is 1. The van der Waals surface area contributed by atoms with E-state index in [2.05, 4.69) is 16.4 Å². The Morgan fingerprint density at radius 2 is 2.16 bits per heavy atom. The van der Waals surface area contributed by atoms with Gasteiger partial charge in [-0.15, -0.1) is 0 Å². The average molecular weight is 334 g/mol. The molecule has 1 fully saturated rings. The molecule has 128 valence electrons. The Morgan fingerprint density at radius 3 is 2.96 bits per heavy atom. The molecular weight excluding hydrogens is 312 g/mol. The Balaban J connectivity index is 1.32.